The first-order chi connectivity index (χ1) is 12.1. The van der Waals surface area contributed by atoms with Crippen LogP contribution in [0.3, 0.4) is 0 Å². The van der Waals surface area contributed by atoms with Crippen LogP contribution in [-0.2, 0) is 6.54 Å². The Kier molecular flexibility index (Phi) is 5.19. The first kappa shape index (κ1) is 17.2. The van der Waals surface area contributed by atoms with E-state index in [1.165, 1.54) is 0 Å². The third kappa shape index (κ3) is 3.91. The van der Waals surface area contributed by atoms with Crippen molar-refractivity contribution >= 4 is 28.5 Å². The van der Waals surface area contributed by atoms with Crippen LogP contribution in [0.4, 0.5) is 0 Å². The quantitative estimate of drug-likeness (QED) is 0.678. The summed E-state index contributed by atoms with van der Waals surface area (Å²) in [5.41, 5.74) is 2.23. The highest BCUT2D eigenvalue weighted by Crippen LogP contribution is 2.16. The molecule has 0 saturated carbocycles. The van der Waals surface area contributed by atoms with Gasteiger partial charge in [0, 0.05) is 24.2 Å². The summed E-state index contributed by atoms with van der Waals surface area (Å²) >= 11 is 5.84. The fourth-order valence-electron chi connectivity index (χ4n) is 2.49. The normalized spacial score (nSPS) is 10.8. The lowest BCUT2D eigenvalue weighted by Crippen LogP contribution is -2.30. The summed E-state index contributed by atoms with van der Waals surface area (Å²) in [7, 11) is 1.75. The second-order valence-corrected chi connectivity index (χ2v) is 6.07. The highest BCUT2D eigenvalue weighted by atomic mass is 35.5. The molecule has 0 aliphatic heterocycles. The Balaban J connectivity index is 1.60. The molecule has 0 aliphatic rings. The predicted octanol–water partition coefficient (Wildman–Crippen LogP) is 3.26. The molecule has 1 aromatic heterocycles. The van der Waals surface area contributed by atoms with Crippen molar-refractivity contribution in [2.24, 2.45) is 0 Å². The van der Waals surface area contributed by atoms with Crippen molar-refractivity contribution in [3.8, 4) is 5.75 Å². The van der Waals surface area contributed by atoms with Crippen LogP contribution in [0.2, 0.25) is 5.02 Å². The van der Waals surface area contributed by atoms with E-state index in [1.54, 1.807) is 53.0 Å². The first-order valence-corrected chi connectivity index (χ1v) is 8.43. The average Bonchev–Trinajstić information content (AvgIpc) is 3.05. The van der Waals surface area contributed by atoms with Crippen molar-refractivity contribution in [1.29, 1.82) is 0 Å². The minimum absolute atomic E-state index is 0.0762. The highest BCUT2D eigenvalue weighted by molar-refractivity contribution is 6.30. The van der Waals surface area contributed by atoms with E-state index in [9.17, 15) is 4.79 Å². The first-order valence-electron chi connectivity index (χ1n) is 8.05. The van der Waals surface area contributed by atoms with Crippen molar-refractivity contribution in [3.05, 3.63) is 53.1 Å². The maximum absolute atomic E-state index is 12.5. The van der Waals surface area contributed by atoms with Crippen molar-refractivity contribution in [2.45, 2.75) is 13.5 Å². The lowest BCUT2D eigenvalue weighted by molar-refractivity contribution is 0.0774. The molecule has 1 heterocycles. The number of carbonyl (C=O) groups excluding carboxylic acids is 1. The molecule has 0 bridgehead atoms. The van der Waals surface area contributed by atoms with Gasteiger partial charge in [0.05, 0.1) is 12.1 Å². The number of aryl methyl sites for hydroxylation is 1. The van der Waals surface area contributed by atoms with Crippen LogP contribution < -0.4 is 4.74 Å². The van der Waals surface area contributed by atoms with E-state index in [0.29, 0.717) is 23.7 Å². The van der Waals surface area contributed by atoms with E-state index >= 15 is 0 Å². The number of likely N-dealkylation sites (N-methyl/N-ethyl adjacent to an activating group) is 1. The number of hydrogen-bond donors (Lipinski definition) is 0. The molecule has 0 radical (unpaired) electrons. The fourth-order valence-corrected chi connectivity index (χ4v) is 2.62. The molecule has 0 aliphatic carbocycles. The molecule has 3 rings (SSSR count). The number of amides is 1. The van der Waals surface area contributed by atoms with Gasteiger partial charge in [0.2, 0.25) is 0 Å². The van der Waals surface area contributed by atoms with Crippen molar-refractivity contribution in [2.75, 3.05) is 20.2 Å². The predicted molar refractivity (Wildman–Crippen MR) is 97.1 cm³/mol. The van der Waals surface area contributed by atoms with Crippen LogP contribution in [0.5, 0.6) is 5.75 Å². The van der Waals surface area contributed by atoms with Crippen molar-refractivity contribution < 1.29 is 9.53 Å². The number of fused-ring (bicyclic) bond motifs is 1. The third-order valence-electron chi connectivity index (χ3n) is 3.92. The highest BCUT2D eigenvalue weighted by Gasteiger charge is 2.14. The Morgan fingerprint density at radius 1 is 1.24 bits per heavy atom. The molecule has 130 valence electrons. The maximum Gasteiger partial charge on any atom is 0.253 e. The molecule has 0 unspecified atom stereocenters. The van der Waals surface area contributed by atoms with Gasteiger partial charge in [-0.15, -0.1) is 5.10 Å². The molecule has 0 fully saturated rings. The number of carbonyl (C=O) groups is 1. The Labute approximate surface area is 150 Å². The van der Waals surface area contributed by atoms with E-state index in [1.807, 2.05) is 13.0 Å². The zero-order valence-electron chi connectivity index (χ0n) is 14.1. The van der Waals surface area contributed by atoms with E-state index in [-0.39, 0.29) is 5.91 Å². The number of hydrogen-bond acceptors (Lipinski definition) is 4. The summed E-state index contributed by atoms with van der Waals surface area (Å²) in [6.45, 7) is 3.62. The van der Waals surface area contributed by atoms with Crippen LogP contribution in [-0.4, -0.2) is 46.0 Å². The molecule has 0 N–H and O–H groups in total. The van der Waals surface area contributed by atoms with Gasteiger partial charge in [0.1, 0.15) is 17.9 Å². The Bertz CT molecular complexity index is 876. The largest absolute Gasteiger partial charge is 0.492 e. The van der Waals surface area contributed by atoms with Gasteiger partial charge < -0.3 is 9.64 Å². The summed E-state index contributed by atoms with van der Waals surface area (Å²) in [6, 6.07) is 12.6. The second-order valence-electron chi connectivity index (χ2n) is 5.64. The number of benzene rings is 2. The number of rotatable bonds is 6. The topological polar surface area (TPSA) is 60.2 Å². The molecule has 6 nitrogen and oxygen atoms in total. The van der Waals surface area contributed by atoms with Crippen LogP contribution in [0.1, 0.15) is 17.3 Å². The smallest absolute Gasteiger partial charge is 0.253 e. The van der Waals surface area contributed by atoms with E-state index in [4.69, 9.17) is 16.3 Å². The molecule has 0 saturated heterocycles. The van der Waals surface area contributed by atoms with Crippen LogP contribution in [0, 0.1) is 0 Å². The lowest BCUT2D eigenvalue weighted by atomic mass is 10.1. The minimum atomic E-state index is -0.0762. The number of nitrogens with zero attached hydrogens (tertiary/aromatic N) is 4. The van der Waals surface area contributed by atoms with Crippen LogP contribution in [0.15, 0.2) is 42.5 Å². The summed E-state index contributed by atoms with van der Waals surface area (Å²) < 4.78 is 7.43. The summed E-state index contributed by atoms with van der Waals surface area (Å²) in [6.07, 6.45) is 0. The van der Waals surface area contributed by atoms with Crippen LogP contribution >= 0.6 is 11.6 Å². The minimum Gasteiger partial charge on any atom is -0.492 e. The molecule has 7 heteroatoms. The number of halogens is 1. The van der Waals surface area contributed by atoms with E-state index in [0.717, 1.165) is 23.3 Å². The summed E-state index contributed by atoms with van der Waals surface area (Å²) in [4.78, 5) is 14.2. The zero-order valence-corrected chi connectivity index (χ0v) is 14.9. The zero-order chi connectivity index (χ0) is 17.8. The van der Waals surface area contributed by atoms with Gasteiger partial charge in [0.15, 0.2) is 0 Å². The molecular weight excluding hydrogens is 340 g/mol. The van der Waals surface area contributed by atoms with Gasteiger partial charge in [-0.2, -0.15) is 0 Å². The maximum atomic E-state index is 12.5. The molecule has 3 aromatic rings. The number of aromatic nitrogens is 3. The van der Waals surface area contributed by atoms with Crippen molar-refractivity contribution in [1.82, 2.24) is 19.9 Å². The van der Waals surface area contributed by atoms with Gasteiger partial charge in [0.25, 0.3) is 5.91 Å². The standard InChI is InChI=1S/C18H19ClN4O2/c1-3-23-17-9-4-13(12-16(17)20-21-23)18(24)22(2)10-11-25-15-7-5-14(19)6-8-15/h4-9,12H,3,10-11H2,1-2H3. The number of ether oxygens (including phenoxy) is 1. The molecule has 0 spiro atoms. The van der Waals surface area contributed by atoms with Gasteiger partial charge in [-0.1, -0.05) is 16.8 Å². The average molecular weight is 359 g/mol. The van der Waals surface area contributed by atoms with Gasteiger partial charge >= 0.3 is 0 Å². The third-order valence-corrected chi connectivity index (χ3v) is 4.17. The van der Waals surface area contributed by atoms with E-state index in [2.05, 4.69) is 10.3 Å². The second kappa shape index (κ2) is 7.53. The SMILES string of the molecule is CCn1nnc2cc(C(=O)N(C)CCOc3ccc(Cl)cc3)ccc21. The molecule has 25 heavy (non-hydrogen) atoms. The van der Waals surface area contributed by atoms with Gasteiger partial charge in [-0.05, 0) is 49.4 Å². The van der Waals surface area contributed by atoms with Crippen LogP contribution in [0.25, 0.3) is 11.0 Å². The van der Waals surface area contributed by atoms with Gasteiger partial charge in [-0.25, -0.2) is 4.68 Å². The van der Waals surface area contributed by atoms with Gasteiger partial charge in [-0.3, -0.25) is 4.79 Å². The molecule has 2 aromatic carbocycles. The monoisotopic (exact) mass is 358 g/mol. The Morgan fingerprint density at radius 2 is 2.00 bits per heavy atom. The fraction of sp³-hybridized carbons (Fsp3) is 0.278. The molecular formula is C18H19ClN4O2. The van der Waals surface area contributed by atoms with E-state index < -0.39 is 0 Å². The summed E-state index contributed by atoms with van der Waals surface area (Å²) in [5.74, 6) is 0.649. The summed E-state index contributed by atoms with van der Waals surface area (Å²) in [5, 5.41) is 8.83. The Hall–Kier alpha value is -2.60. The Morgan fingerprint density at radius 3 is 2.72 bits per heavy atom. The molecule has 1 amide bonds. The van der Waals surface area contributed by atoms with Crippen molar-refractivity contribution in [3.63, 3.8) is 0 Å². The molecule has 0 atom stereocenters. The lowest BCUT2D eigenvalue weighted by Gasteiger charge is -2.17.